The molecule has 0 aliphatic carbocycles. The minimum Gasteiger partial charge on any atom is -0.384 e. The van der Waals surface area contributed by atoms with Crippen molar-refractivity contribution in [3.05, 3.63) is 0 Å². The van der Waals surface area contributed by atoms with Crippen LogP contribution in [0, 0.1) is 0 Å². The lowest BCUT2D eigenvalue weighted by Crippen LogP contribution is -2.47. The van der Waals surface area contributed by atoms with E-state index in [4.69, 9.17) is 4.74 Å². The lowest BCUT2D eigenvalue weighted by Gasteiger charge is -2.31. The molecule has 1 aliphatic heterocycles. The molecule has 1 aliphatic rings. The van der Waals surface area contributed by atoms with E-state index in [0.717, 1.165) is 6.42 Å². The second-order valence-corrected chi connectivity index (χ2v) is 7.24. The van der Waals surface area contributed by atoms with Crippen molar-refractivity contribution in [2.24, 2.45) is 0 Å². The molecule has 1 heterocycles. The summed E-state index contributed by atoms with van der Waals surface area (Å²) in [5.74, 6) is 0.202. The van der Waals surface area contributed by atoms with Gasteiger partial charge in [-0.3, -0.25) is 4.79 Å². The van der Waals surface area contributed by atoms with E-state index in [1.807, 2.05) is 6.92 Å². The first kappa shape index (κ1) is 17.4. The fraction of sp³-hybridized carbons (Fsp3) is 0.923. The van der Waals surface area contributed by atoms with Crippen molar-refractivity contribution < 1.29 is 17.9 Å². The van der Waals surface area contributed by atoms with Crippen molar-refractivity contribution in [1.29, 1.82) is 0 Å². The van der Waals surface area contributed by atoms with Gasteiger partial charge in [-0.05, 0) is 19.3 Å². The molecule has 0 unspecified atom stereocenters. The van der Waals surface area contributed by atoms with E-state index in [2.05, 4.69) is 5.32 Å². The molecular formula is C13H26N2O4S. The zero-order valence-corrected chi connectivity index (χ0v) is 13.2. The van der Waals surface area contributed by atoms with E-state index in [-0.39, 0.29) is 17.7 Å². The molecule has 0 radical (unpaired) electrons. The van der Waals surface area contributed by atoms with Crippen molar-refractivity contribution in [1.82, 2.24) is 9.62 Å². The number of piperidine rings is 1. The van der Waals surface area contributed by atoms with Crippen LogP contribution in [0.1, 0.15) is 39.0 Å². The molecule has 0 bridgehead atoms. The summed E-state index contributed by atoms with van der Waals surface area (Å²) >= 11 is 0. The minimum absolute atomic E-state index is 0.0286. The van der Waals surface area contributed by atoms with E-state index in [1.165, 1.54) is 0 Å². The molecule has 0 aromatic rings. The second-order valence-electron chi connectivity index (χ2n) is 5.15. The fourth-order valence-electron chi connectivity index (χ4n) is 2.23. The Hall–Kier alpha value is -0.660. The van der Waals surface area contributed by atoms with Crippen molar-refractivity contribution in [2.75, 3.05) is 32.6 Å². The first-order valence-electron chi connectivity index (χ1n) is 7.25. The summed E-state index contributed by atoms with van der Waals surface area (Å²) in [6.45, 7) is 3.40. The molecule has 1 N–H and O–H groups in total. The number of nitrogens with zero attached hydrogens (tertiary/aromatic N) is 1. The lowest BCUT2D eigenvalue weighted by atomic mass is 10.1. The molecule has 1 amide bonds. The largest absolute Gasteiger partial charge is 0.384 e. The van der Waals surface area contributed by atoms with Crippen LogP contribution in [0.25, 0.3) is 0 Å². The number of rotatable bonds is 8. The molecule has 0 saturated carbocycles. The number of carbonyl (C=O) groups excluding carboxylic acids is 1. The first-order chi connectivity index (χ1) is 9.49. The molecule has 0 spiro atoms. The Morgan fingerprint density at radius 2 is 2.00 bits per heavy atom. The van der Waals surface area contributed by atoms with Crippen LogP contribution >= 0.6 is 0 Å². The number of hydrogen-bond donors (Lipinski definition) is 1. The van der Waals surface area contributed by atoms with Crippen LogP contribution in [0.5, 0.6) is 0 Å². The van der Waals surface area contributed by atoms with E-state index in [9.17, 15) is 13.2 Å². The molecule has 1 saturated heterocycles. The van der Waals surface area contributed by atoms with Gasteiger partial charge in [-0.25, -0.2) is 12.7 Å². The third kappa shape index (κ3) is 5.76. The van der Waals surface area contributed by atoms with Gasteiger partial charge in [-0.1, -0.05) is 13.3 Å². The average molecular weight is 306 g/mol. The highest BCUT2D eigenvalue weighted by molar-refractivity contribution is 7.89. The monoisotopic (exact) mass is 306 g/mol. The average Bonchev–Trinajstić information content (AvgIpc) is 2.43. The Morgan fingerprint density at radius 1 is 1.35 bits per heavy atom. The molecule has 0 atom stereocenters. The maximum atomic E-state index is 12.0. The van der Waals surface area contributed by atoms with E-state index in [1.54, 1.807) is 11.4 Å². The van der Waals surface area contributed by atoms with Gasteiger partial charge in [-0.15, -0.1) is 0 Å². The standard InChI is InChI=1S/C13H26N2O4S/c1-3-4-11-20(17,18)15-8-5-12(6-9-15)14-13(16)7-10-19-2/h12H,3-11H2,1-2H3,(H,14,16). The number of unbranched alkanes of at least 4 members (excludes halogenated alkanes) is 1. The Balaban J connectivity index is 2.34. The summed E-state index contributed by atoms with van der Waals surface area (Å²) in [5, 5.41) is 2.93. The number of carbonyl (C=O) groups is 1. The highest BCUT2D eigenvalue weighted by atomic mass is 32.2. The third-order valence-corrected chi connectivity index (χ3v) is 5.46. The van der Waals surface area contributed by atoms with Crippen molar-refractivity contribution in [3.8, 4) is 0 Å². The second kappa shape index (κ2) is 8.59. The lowest BCUT2D eigenvalue weighted by molar-refractivity contribution is -0.122. The first-order valence-corrected chi connectivity index (χ1v) is 8.86. The summed E-state index contributed by atoms with van der Waals surface area (Å²) in [6, 6.07) is 0.0805. The van der Waals surface area contributed by atoms with Gasteiger partial charge < -0.3 is 10.1 Å². The smallest absolute Gasteiger partial charge is 0.222 e. The molecule has 6 nitrogen and oxygen atoms in total. The van der Waals surface area contributed by atoms with Crippen LogP contribution < -0.4 is 5.32 Å². The highest BCUT2D eigenvalue weighted by Crippen LogP contribution is 2.15. The van der Waals surface area contributed by atoms with Gasteiger partial charge in [0, 0.05) is 32.7 Å². The van der Waals surface area contributed by atoms with E-state index >= 15 is 0 Å². The van der Waals surface area contributed by atoms with Crippen molar-refractivity contribution in [2.45, 2.75) is 45.1 Å². The zero-order chi connectivity index (χ0) is 15.0. The molecular weight excluding hydrogens is 280 g/mol. The number of methoxy groups -OCH3 is 1. The van der Waals surface area contributed by atoms with Gasteiger partial charge >= 0.3 is 0 Å². The van der Waals surface area contributed by atoms with Gasteiger partial charge in [0.05, 0.1) is 12.4 Å². The summed E-state index contributed by atoms with van der Waals surface area (Å²) in [4.78, 5) is 11.6. The third-order valence-electron chi connectivity index (χ3n) is 3.50. The number of sulfonamides is 1. The van der Waals surface area contributed by atoms with Crippen LogP contribution in [-0.2, 0) is 19.6 Å². The summed E-state index contributed by atoms with van der Waals surface area (Å²) < 4.78 is 30.5. The Bertz CT molecular complexity index is 389. The number of amides is 1. The van der Waals surface area contributed by atoms with Crippen LogP contribution in [0.4, 0.5) is 0 Å². The van der Waals surface area contributed by atoms with Crippen LogP contribution in [0.15, 0.2) is 0 Å². The maximum Gasteiger partial charge on any atom is 0.222 e. The van der Waals surface area contributed by atoms with Crippen molar-refractivity contribution >= 4 is 15.9 Å². The molecule has 1 fully saturated rings. The number of nitrogens with one attached hydrogen (secondary N) is 1. The van der Waals surface area contributed by atoms with Gasteiger partial charge in [0.2, 0.25) is 15.9 Å². The van der Waals surface area contributed by atoms with Crippen LogP contribution in [0.2, 0.25) is 0 Å². The normalized spacial score (nSPS) is 18.1. The van der Waals surface area contributed by atoms with Crippen molar-refractivity contribution in [3.63, 3.8) is 0 Å². The topological polar surface area (TPSA) is 75.7 Å². The number of ether oxygens (including phenoxy) is 1. The Morgan fingerprint density at radius 3 is 2.55 bits per heavy atom. The Labute approximate surface area is 121 Å². The predicted molar refractivity (Wildman–Crippen MR) is 77.9 cm³/mol. The van der Waals surface area contributed by atoms with Gasteiger partial charge in [-0.2, -0.15) is 0 Å². The maximum absolute atomic E-state index is 12.0. The number of hydrogen-bond acceptors (Lipinski definition) is 4. The van der Waals surface area contributed by atoms with Gasteiger partial charge in [0.1, 0.15) is 0 Å². The van der Waals surface area contributed by atoms with E-state index in [0.29, 0.717) is 45.4 Å². The summed E-state index contributed by atoms with van der Waals surface area (Å²) in [5.41, 5.74) is 0. The summed E-state index contributed by atoms with van der Waals surface area (Å²) in [7, 11) is -1.55. The van der Waals surface area contributed by atoms with E-state index < -0.39 is 10.0 Å². The SMILES string of the molecule is CCCCS(=O)(=O)N1CCC(NC(=O)CCOC)CC1. The van der Waals surface area contributed by atoms with Gasteiger partial charge in [0.15, 0.2) is 0 Å². The molecule has 20 heavy (non-hydrogen) atoms. The van der Waals surface area contributed by atoms with Gasteiger partial charge in [0.25, 0.3) is 0 Å². The predicted octanol–water partition coefficient (Wildman–Crippen LogP) is 0.733. The molecule has 1 rings (SSSR count). The molecule has 0 aromatic carbocycles. The summed E-state index contributed by atoms with van der Waals surface area (Å²) in [6.07, 6.45) is 3.31. The quantitative estimate of drug-likeness (QED) is 0.717. The molecule has 118 valence electrons. The van der Waals surface area contributed by atoms with Crippen LogP contribution in [0.3, 0.4) is 0 Å². The minimum atomic E-state index is -3.11. The Kier molecular flexibility index (Phi) is 7.47. The fourth-order valence-corrected chi connectivity index (χ4v) is 3.91. The zero-order valence-electron chi connectivity index (χ0n) is 12.4. The van der Waals surface area contributed by atoms with Crippen LogP contribution in [-0.4, -0.2) is 57.2 Å². The highest BCUT2D eigenvalue weighted by Gasteiger charge is 2.27. The molecule has 0 aromatic heterocycles. The molecule has 7 heteroatoms.